The first-order chi connectivity index (χ1) is 15.7. The van der Waals surface area contributed by atoms with Gasteiger partial charge in [-0.3, -0.25) is 0 Å². The molecule has 1 aliphatic rings. The van der Waals surface area contributed by atoms with Crippen LogP contribution in [0.15, 0.2) is 0 Å². The van der Waals surface area contributed by atoms with Crippen molar-refractivity contribution in [3.63, 3.8) is 0 Å². The Bertz CT molecular complexity index is 240. The molecule has 0 aromatic rings. The summed E-state index contributed by atoms with van der Waals surface area (Å²) in [7, 11) is 4.50. The predicted octanol–water partition coefficient (Wildman–Crippen LogP) is -6.93. The Labute approximate surface area is 349 Å². The van der Waals surface area contributed by atoms with Gasteiger partial charge in [0.25, 0.3) is 0 Å². The molecule has 0 amide bonds. The van der Waals surface area contributed by atoms with E-state index < -0.39 is 0 Å². The normalized spacial score (nSPS) is 9.00. The average Bonchev–Trinajstić information content (AvgIpc) is 2.76. The summed E-state index contributed by atoms with van der Waals surface area (Å²) in [6, 6.07) is 0. The van der Waals surface area contributed by atoms with Crippen molar-refractivity contribution in [2.45, 2.75) is 0 Å². The van der Waals surface area contributed by atoms with Crippen LogP contribution in [0, 0.1) is 74.6 Å². The first kappa shape index (κ1) is 80.1. The van der Waals surface area contributed by atoms with E-state index in [0.717, 1.165) is 52.4 Å². The van der Waals surface area contributed by atoms with Crippen LogP contribution < -0.4 is 67.1 Å². The van der Waals surface area contributed by atoms with Crippen LogP contribution in [0.3, 0.4) is 0 Å². The second-order valence-electron chi connectivity index (χ2n) is 5.68. The van der Waals surface area contributed by atoms with Crippen molar-refractivity contribution in [2.24, 2.45) is 45.9 Å². The fourth-order valence-electron chi connectivity index (χ4n) is 1.36. The first-order valence-corrected chi connectivity index (χ1v) is 22.8. The zero-order valence-electron chi connectivity index (χ0n) is 23.0. The van der Waals surface area contributed by atoms with Gasteiger partial charge in [0.2, 0.25) is 0 Å². The van der Waals surface area contributed by atoms with Crippen molar-refractivity contribution in [1.82, 2.24) is 21.3 Å². The maximum atomic E-state index is 5.17. The van der Waals surface area contributed by atoms with Gasteiger partial charge in [0, 0.05) is 105 Å². The first-order valence-electron chi connectivity index (χ1n) is 10.9. The fourth-order valence-corrected chi connectivity index (χ4v) is 11.4. The fraction of sp³-hybridized carbons (Fsp3) is 1.00. The van der Waals surface area contributed by atoms with E-state index in [1.54, 1.807) is 0 Å². The van der Waals surface area contributed by atoms with Crippen LogP contribution in [0.1, 0.15) is 0 Å². The summed E-state index contributed by atoms with van der Waals surface area (Å²) in [6.07, 6.45) is 0. The molecule has 14 nitrogen and oxygen atoms in total. The molecule has 22 N–H and O–H groups in total. The van der Waals surface area contributed by atoms with Crippen LogP contribution in [-0.4, -0.2) is 142 Å². The van der Waals surface area contributed by atoms with Gasteiger partial charge in [0.1, 0.15) is 0 Å². The Morgan fingerprint density at radius 1 is 0.350 bits per heavy atom. The second kappa shape index (κ2) is 96.7. The molecule has 0 atom stereocenters. The maximum absolute atomic E-state index is 5.17. The van der Waals surface area contributed by atoms with E-state index in [1.165, 1.54) is 0 Å². The van der Waals surface area contributed by atoms with Crippen LogP contribution in [-0.2, 0) is 54.0 Å². The zero-order valence-corrected chi connectivity index (χ0v) is 36.1. The molecule has 0 saturated carbocycles. The Morgan fingerprint density at radius 2 is 0.450 bits per heavy atom. The summed E-state index contributed by atoms with van der Waals surface area (Å²) in [6.45, 7) is 12.5. The van der Waals surface area contributed by atoms with E-state index in [-0.39, 0.29) is 140 Å². The molecular weight excluding hydrogens is 1060 g/mol. The molecule has 0 unspecified atom stereocenters. The van der Waals surface area contributed by atoms with Crippen molar-refractivity contribution < 1.29 is 85.6 Å². The minimum absolute atomic E-state index is 0. The Balaban J connectivity index is -0.0000000235. The van der Waals surface area contributed by atoms with Gasteiger partial charge in [-0.05, 0) is 0 Å². The molecular formula is C16H58Er2Ge2N12O2S6. The summed E-state index contributed by atoms with van der Waals surface area (Å²) in [5.74, 6) is 0. The Hall–Kier alpha value is 5.12. The molecule has 262 valence electrons. The summed E-state index contributed by atoms with van der Waals surface area (Å²) in [5.41, 5.74) is 41.3. The third-order valence-corrected chi connectivity index (χ3v) is 43.1. The van der Waals surface area contributed by atoms with Crippen LogP contribution in [0.4, 0.5) is 0 Å². The summed E-state index contributed by atoms with van der Waals surface area (Å²) in [5, 5.41) is 12.1. The molecule has 1 fully saturated rings. The van der Waals surface area contributed by atoms with Gasteiger partial charge in [-0.15, -0.1) is 0 Å². The summed E-state index contributed by atoms with van der Waals surface area (Å²) >= 11 is 1.17. The van der Waals surface area contributed by atoms with Crippen molar-refractivity contribution in [1.29, 1.82) is 0 Å². The molecule has 1 aliphatic heterocycles. The molecule has 0 aliphatic carbocycles. The molecule has 0 aromatic carbocycles. The molecule has 40 heavy (non-hydrogen) atoms. The molecule has 24 heteroatoms. The van der Waals surface area contributed by atoms with Gasteiger partial charge in [-0.2, -0.15) is 0 Å². The molecule has 1 saturated heterocycles. The third-order valence-electron chi connectivity index (χ3n) is 2.74. The SMILES string of the molecule is NCCNCCN.NCCNCCN.NCCNCCN.NCCNCCN.[Er+3].[Er+3].[OH-].[OH-].[SH-].[SH-].[SH-].[SH-].[S]1[Ge][S][Ge]1. The number of hydrogen-bond donors (Lipinski definition) is 12. The summed E-state index contributed by atoms with van der Waals surface area (Å²) in [4.78, 5) is 0. The average molecular weight is 1120 g/mol. The van der Waals surface area contributed by atoms with Crippen molar-refractivity contribution in [2.75, 3.05) is 105 Å². The molecule has 0 bridgehead atoms. The number of hydrogen-bond acceptors (Lipinski definition) is 20. The standard InChI is InChI=1S/4C4H13N3.2Er.Ge2S2.2H2O.4H2S/c4*5-1-3-7-4-2-6;;;1-3-2-4-1;;;;;;/h4*7H,1-6H2;;;;6*1H2/q;;;;2*+3;;;;;;;/p-6. The monoisotopic (exact) mass is 1120 g/mol. The number of nitrogens with two attached hydrogens (primary N) is 8. The van der Waals surface area contributed by atoms with Crippen molar-refractivity contribution in [3.05, 3.63) is 0 Å². The van der Waals surface area contributed by atoms with E-state index in [9.17, 15) is 0 Å². The summed E-state index contributed by atoms with van der Waals surface area (Å²) < 4.78 is 0. The van der Waals surface area contributed by atoms with Gasteiger partial charge in [0.05, 0.1) is 0 Å². The van der Waals surface area contributed by atoms with E-state index in [1.807, 2.05) is 0 Å². The van der Waals surface area contributed by atoms with Crippen LogP contribution in [0.5, 0.6) is 0 Å². The van der Waals surface area contributed by atoms with Gasteiger partial charge < -0.3 is 132 Å². The molecule has 0 aromatic heterocycles. The van der Waals surface area contributed by atoms with E-state index in [0.29, 0.717) is 78.7 Å². The molecule has 1 heterocycles. The second-order valence-corrected chi connectivity index (χ2v) is 29.6. The number of thiol groups is 4. The van der Waals surface area contributed by atoms with Crippen LogP contribution in [0.2, 0.25) is 0 Å². The van der Waals surface area contributed by atoms with E-state index in [4.69, 9.17) is 45.9 Å². The van der Waals surface area contributed by atoms with Gasteiger partial charge in [-0.1, -0.05) is 0 Å². The molecule has 6 radical (unpaired) electrons. The van der Waals surface area contributed by atoms with Crippen LogP contribution >= 0.6 is 16.8 Å². The van der Waals surface area contributed by atoms with Gasteiger partial charge >= 0.3 is 118 Å². The van der Waals surface area contributed by atoms with E-state index in [2.05, 4.69) is 38.1 Å². The topological polar surface area (TPSA) is 316 Å². The van der Waals surface area contributed by atoms with Crippen molar-refractivity contribution in [3.8, 4) is 0 Å². The predicted molar refractivity (Wildman–Crippen MR) is 190 cm³/mol. The minimum atomic E-state index is 0. The molecule has 1 rings (SSSR count). The van der Waals surface area contributed by atoms with E-state index >= 15 is 0 Å². The van der Waals surface area contributed by atoms with Gasteiger partial charge in [-0.25, -0.2) is 0 Å². The Morgan fingerprint density at radius 3 is 0.500 bits per heavy atom. The van der Waals surface area contributed by atoms with Crippen LogP contribution in [0.25, 0.3) is 0 Å². The Kier molecular flexibility index (Phi) is 194. The third kappa shape index (κ3) is 121. The number of rotatable bonds is 16. The van der Waals surface area contributed by atoms with Crippen molar-refractivity contribution >= 4 is 97.1 Å². The zero-order chi connectivity index (χ0) is 25.0. The quantitative estimate of drug-likeness (QED) is 0.0296. The number of nitrogens with one attached hydrogen (secondary N) is 4. The molecule has 0 spiro atoms. The van der Waals surface area contributed by atoms with Gasteiger partial charge in [0.15, 0.2) is 0 Å².